The third kappa shape index (κ3) is 3.19. The lowest BCUT2D eigenvalue weighted by atomic mass is 10.1. The van der Waals surface area contributed by atoms with E-state index in [2.05, 4.69) is 6.07 Å². The highest BCUT2D eigenvalue weighted by atomic mass is 16.5. The van der Waals surface area contributed by atoms with Crippen LogP contribution < -0.4 is 0 Å². The van der Waals surface area contributed by atoms with Gasteiger partial charge in [0.2, 0.25) is 5.91 Å². The van der Waals surface area contributed by atoms with Gasteiger partial charge in [-0.25, -0.2) is 0 Å². The maximum atomic E-state index is 12.1. The average molecular weight is 238 g/mol. The van der Waals surface area contributed by atoms with Crippen molar-refractivity contribution < 1.29 is 14.3 Å². The fourth-order valence-corrected chi connectivity index (χ4v) is 1.69. The van der Waals surface area contributed by atoms with Gasteiger partial charge >= 0.3 is 5.97 Å². The SMILES string of the molecule is CCCN(CC(=O)OCC)C(=O)C1(C#N)CC1. The second-order valence-corrected chi connectivity index (χ2v) is 4.23. The first kappa shape index (κ1) is 13.5. The summed E-state index contributed by atoms with van der Waals surface area (Å²) in [6.45, 7) is 4.39. The highest BCUT2D eigenvalue weighted by Gasteiger charge is 2.52. The van der Waals surface area contributed by atoms with Crippen LogP contribution >= 0.6 is 0 Å². The van der Waals surface area contributed by atoms with Crippen LogP contribution in [-0.4, -0.2) is 36.5 Å². The van der Waals surface area contributed by atoms with E-state index in [1.54, 1.807) is 6.92 Å². The van der Waals surface area contributed by atoms with Crippen molar-refractivity contribution in [2.24, 2.45) is 5.41 Å². The Balaban J connectivity index is 2.63. The minimum Gasteiger partial charge on any atom is -0.465 e. The Bertz CT molecular complexity index is 342. The van der Waals surface area contributed by atoms with Gasteiger partial charge in [0.1, 0.15) is 12.0 Å². The lowest BCUT2D eigenvalue weighted by molar-refractivity contribution is -0.150. The number of ether oxygens (including phenoxy) is 1. The van der Waals surface area contributed by atoms with E-state index >= 15 is 0 Å². The quantitative estimate of drug-likeness (QED) is 0.649. The summed E-state index contributed by atoms with van der Waals surface area (Å²) >= 11 is 0. The summed E-state index contributed by atoms with van der Waals surface area (Å²) in [6, 6.07) is 2.05. The maximum absolute atomic E-state index is 12.1. The zero-order valence-corrected chi connectivity index (χ0v) is 10.4. The van der Waals surface area contributed by atoms with E-state index in [1.807, 2.05) is 6.92 Å². The van der Waals surface area contributed by atoms with Crippen LogP contribution in [0.4, 0.5) is 0 Å². The molecule has 0 atom stereocenters. The molecule has 0 aromatic carbocycles. The molecule has 1 fully saturated rings. The second kappa shape index (κ2) is 5.67. The molecule has 17 heavy (non-hydrogen) atoms. The van der Waals surface area contributed by atoms with Gasteiger partial charge < -0.3 is 9.64 Å². The molecule has 0 aliphatic heterocycles. The average Bonchev–Trinajstić information content (AvgIpc) is 3.09. The van der Waals surface area contributed by atoms with Crippen molar-refractivity contribution >= 4 is 11.9 Å². The van der Waals surface area contributed by atoms with Gasteiger partial charge in [-0.05, 0) is 26.2 Å². The summed E-state index contributed by atoms with van der Waals surface area (Å²) in [5, 5.41) is 8.97. The molecule has 0 heterocycles. The molecule has 0 saturated heterocycles. The number of nitrogens with zero attached hydrogens (tertiary/aromatic N) is 2. The molecule has 1 amide bonds. The van der Waals surface area contributed by atoms with E-state index < -0.39 is 11.4 Å². The highest BCUT2D eigenvalue weighted by Crippen LogP contribution is 2.46. The summed E-state index contributed by atoms with van der Waals surface area (Å²) < 4.78 is 4.82. The molecule has 1 aliphatic carbocycles. The number of hydrogen-bond donors (Lipinski definition) is 0. The normalized spacial score (nSPS) is 15.8. The first-order valence-electron chi connectivity index (χ1n) is 5.96. The van der Waals surface area contributed by atoms with Gasteiger partial charge in [0, 0.05) is 6.54 Å². The Morgan fingerprint density at radius 3 is 2.47 bits per heavy atom. The Hall–Kier alpha value is -1.57. The van der Waals surface area contributed by atoms with Crippen LogP contribution in [0.3, 0.4) is 0 Å². The molecule has 0 radical (unpaired) electrons. The fourth-order valence-electron chi connectivity index (χ4n) is 1.69. The van der Waals surface area contributed by atoms with Crippen LogP contribution in [-0.2, 0) is 14.3 Å². The minimum absolute atomic E-state index is 0.0516. The predicted molar refractivity (Wildman–Crippen MR) is 60.8 cm³/mol. The summed E-state index contributed by atoms with van der Waals surface area (Å²) in [6.07, 6.45) is 1.96. The molecular weight excluding hydrogens is 220 g/mol. The number of amides is 1. The molecule has 0 aromatic heterocycles. The number of nitriles is 1. The van der Waals surface area contributed by atoms with Gasteiger partial charge in [0.05, 0.1) is 12.7 Å². The Labute approximate surface area is 101 Å². The van der Waals surface area contributed by atoms with Gasteiger partial charge in [-0.3, -0.25) is 9.59 Å². The van der Waals surface area contributed by atoms with Gasteiger partial charge in [-0.15, -0.1) is 0 Å². The Kier molecular flexibility index (Phi) is 4.50. The van der Waals surface area contributed by atoms with Crippen molar-refractivity contribution in [3.63, 3.8) is 0 Å². The van der Waals surface area contributed by atoms with Crippen LogP contribution in [0.5, 0.6) is 0 Å². The summed E-state index contributed by atoms with van der Waals surface area (Å²) in [5.41, 5.74) is -0.859. The summed E-state index contributed by atoms with van der Waals surface area (Å²) in [5.74, 6) is -0.641. The van der Waals surface area contributed by atoms with E-state index in [0.717, 1.165) is 6.42 Å². The molecular formula is C12H18N2O3. The third-order valence-electron chi connectivity index (χ3n) is 2.78. The number of hydrogen-bond acceptors (Lipinski definition) is 4. The lowest BCUT2D eigenvalue weighted by Crippen LogP contribution is -2.41. The molecule has 1 rings (SSSR count). The predicted octanol–water partition coefficient (Wildman–Crippen LogP) is 1.09. The molecule has 0 N–H and O–H groups in total. The smallest absolute Gasteiger partial charge is 0.325 e. The standard InChI is InChI=1S/C12H18N2O3/c1-3-7-14(8-10(15)17-4-2)11(16)12(9-13)5-6-12/h3-8H2,1-2H3. The lowest BCUT2D eigenvalue weighted by Gasteiger charge is -2.23. The Morgan fingerprint density at radius 2 is 2.06 bits per heavy atom. The molecule has 0 spiro atoms. The van der Waals surface area contributed by atoms with Gasteiger partial charge in [0.15, 0.2) is 0 Å². The van der Waals surface area contributed by atoms with Crippen molar-refractivity contribution in [3.8, 4) is 6.07 Å². The van der Waals surface area contributed by atoms with Crippen LogP contribution in [0.1, 0.15) is 33.1 Å². The second-order valence-electron chi connectivity index (χ2n) is 4.23. The van der Waals surface area contributed by atoms with E-state index in [4.69, 9.17) is 10.00 Å². The van der Waals surface area contributed by atoms with Crippen LogP contribution in [0.25, 0.3) is 0 Å². The largest absolute Gasteiger partial charge is 0.465 e. The molecule has 1 saturated carbocycles. The van der Waals surface area contributed by atoms with Crippen LogP contribution in [0, 0.1) is 16.7 Å². The monoisotopic (exact) mass is 238 g/mol. The molecule has 5 heteroatoms. The zero-order valence-electron chi connectivity index (χ0n) is 10.4. The summed E-state index contributed by atoms with van der Waals surface area (Å²) in [4.78, 5) is 24.9. The zero-order chi connectivity index (χ0) is 12.9. The Morgan fingerprint density at radius 1 is 1.41 bits per heavy atom. The molecule has 5 nitrogen and oxygen atoms in total. The highest BCUT2D eigenvalue weighted by molar-refractivity contribution is 5.90. The first-order valence-corrected chi connectivity index (χ1v) is 5.96. The van der Waals surface area contributed by atoms with Crippen LogP contribution in [0.2, 0.25) is 0 Å². The number of carbonyl (C=O) groups excluding carboxylic acids is 2. The van der Waals surface area contributed by atoms with Crippen molar-refractivity contribution in [1.82, 2.24) is 4.90 Å². The van der Waals surface area contributed by atoms with Crippen LogP contribution in [0.15, 0.2) is 0 Å². The maximum Gasteiger partial charge on any atom is 0.325 e. The van der Waals surface area contributed by atoms with E-state index in [0.29, 0.717) is 26.0 Å². The van der Waals surface area contributed by atoms with Gasteiger partial charge in [-0.1, -0.05) is 6.92 Å². The number of rotatable bonds is 6. The summed E-state index contributed by atoms with van der Waals surface area (Å²) in [7, 11) is 0. The topological polar surface area (TPSA) is 70.4 Å². The molecule has 0 aromatic rings. The van der Waals surface area contributed by atoms with Crippen molar-refractivity contribution in [3.05, 3.63) is 0 Å². The van der Waals surface area contributed by atoms with Gasteiger partial charge in [-0.2, -0.15) is 5.26 Å². The number of esters is 1. The number of carbonyl (C=O) groups is 2. The van der Waals surface area contributed by atoms with E-state index in [9.17, 15) is 9.59 Å². The van der Waals surface area contributed by atoms with Crippen molar-refractivity contribution in [1.29, 1.82) is 5.26 Å². The first-order chi connectivity index (χ1) is 8.09. The van der Waals surface area contributed by atoms with Crippen molar-refractivity contribution in [2.75, 3.05) is 19.7 Å². The van der Waals surface area contributed by atoms with E-state index in [1.165, 1.54) is 4.90 Å². The molecule has 1 aliphatic rings. The minimum atomic E-state index is -0.859. The third-order valence-corrected chi connectivity index (χ3v) is 2.78. The molecule has 0 unspecified atom stereocenters. The van der Waals surface area contributed by atoms with E-state index in [-0.39, 0.29) is 12.5 Å². The molecule has 94 valence electrons. The molecule has 0 bridgehead atoms. The van der Waals surface area contributed by atoms with Crippen molar-refractivity contribution in [2.45, 2.75) is 33.1 Å². The van der Waals surface area contributed by atoms with Gasteiger partial charge in [0.25, 0.3) is 0 Å². The fraction of sp³-hybridized carbons (Fsp3) is 0.750.